The fourth-order valence-electron chi connectivity index (χ4n) is 6.69. The second-order valence-corrected chi connectivity index (χ2v) is 42.2. The molecule has 6 nitrogen and oxygen atoms in total. The van der Waals surface area contributed by atoms with E-state index in [1.165, 1.54) is 25.3 Å². The molecule has 2 rings (SSSR count). The van der Waals surface area contributed by atoms with Crippen molar-refractivity contribution in [3.05, 3.63) is 12.2 Å². The van der Waals surface area contributed by atoms with E-state index < -0.39 is 59.4 Å². The molecule has 0 amide bonds. The van der Waals surface area contributed by atoms with E-state index in [1.807, 2.05) is 0 Å². The van der Waals surface area contributed by atoms with Gasteiger partial charge in [0.1, 0.15) is 0 Å². The van der Waals surface area contributed by atoms with Gasteiger partial charge in [0.25, 0.3) is 0 Å². The summed E-state index contributed by atoms with van der Waals surface area (Å²) in [7, 11) is -15.6. The quantitative estimate of drug-likeness (QED) is 0.133. The van der Waals surface area contributed by atoms with Crippen LogP contribution in [0, 0.1) is 17.8 Å². The first-order chi connectivity index (χ1) is 16.3. The summed E-state index contributed by atoms with van der Waals surface area (Å²) >= 11 is 0. The van der Waals surface area contributed by atoms with Crippen molar-refractivity contribution >= 4 is 59.4 Å². The number of hydrogen-bond donors (Lipinski definition) is 0. The molecule has 0 aromatic heterocycles. The van der Waals surface area contributed by atoms with E-state index in [-0.39, 0.29) is 0 Å². The van der Waals surface area contributed by atoms with Gasteiger partial charge in [0.15, 0.2) is 16.6 Å². The zero-order valence-corrected chi connectivity index (χ0v) is 33.7. The van der Waals surface area contributed by atoms with Crippen molar-refractivity contribution in [2.45, 2.75) is 124 Å². The maximum absolute atomic E-state index is 6.87. The molecule has 13 heteroatoms. The van der Waals surface area contributed by atoms with E-state index in [1.54, 1.807) is 0 Å². The van der Waals surface area contributed by atoms with E-state index in [0.29, 0.717) is 0 Å². The van der Waals surface area contributed by atoms with Gasteiger partial charge in [-0.3, -0.25) is 0 Å². The highest BCUT2D eigenvalue weighted by molar-refractivity contribution is 6.91. The normalized spacial score (nSPS) is 23.8. The largest absolute Gasteiger partial charge is 0.437 e. The zero-order chi connectivity index (χ0) is 28.7. The molecule has 218 valence electrons. The molecule has 2 aliphatic carbocycles. The summed E-state index contributed by atoms with van der Waals surface area (Å²) in [5, 5.41) is 0. The first-order valence-electron chi connectivity index (χ1n) is 14.2. The van der Waals surface area contributed by atoms with Crippen molar-refractivity contribution in [1.82, 2.24) is 0 Å². The van der Waals surface area contributed by atoms with Crippen LogP contribution in [0.15, 0.2) is 12.2 Å². The van der Waals surface area contributed by atoms with Gasteiger partial charge in [-0.05, 0) is 135 Å². The molecule has 0 aromatic carbocycles. The third-order valence-electron chi connectivity index (χ3n) is 6.57. The fraction of sp³-hybridized carbons (Fsp3) is 0.917. The Bertz CT molecular complexity index is 808. The lowest BCUT2D eigenvalue weighted by molar-refractivity contribution is 0.271. The topological polar surface area (TPSA) is 55.4 Å². The molecular weight excluding hydrogens is 581 g/mol. The Morgan fingerprint density at radius 2 is 0.919 bits per heavy atom. The SMILES string of the molecule is C[Si](C)(C)O[Si](C)(C)O[Si](C)(C)O[Si](C)(C)O[Si](C)(C)O[Si](C)(C)O[Si](C)(C)CCC1CC2C=CC1C2. The summed E-state index contributed by atoms with van der Waals surface area (Å²) < 4.78 is 40.1. The average Bonchev–Trinajstić information content (AvgIpc) is 3.14. The second kappa shape index (κ2) is 11.7. The Morgan fingerprint density at radius 3 is 1.27 bits per heavy atom. The van der Waals surface area contributed by atoms with E-state index in [0.717, 1.165) is 17.8 Å². The third kappa shape index (κ3) is 12.6. The Kier molecular flexibility index (Phi) is 10.8. The van der Waals surface area contributed by atoms with Crippen molar-refractivity contribution in [3.63, 3.8) is 0 Å². The molecule has 0 saturated heterocycles. The second-order valence-electron chi connectivity index (χ2n) is 15.1. The Balaban J connectivity index is 1.92. The Morgan fingerprint density at radius 1 is 0.514 bits per heavy atom. The van der Waals surface area contributed by atoms with Crippen molar-refractivity contribution in [2.24, 2.45) is 17.8 Å². The molecule has 37 heavy (non-hydrogen) atoms. The molecule has 0 aliphatic heterocycles. The van der Waals surface area contributed by atoms with Crippen LogP contribution in [-0.2, 0) is 24.7 Å². The van der Waals surface area contributed by atoms with Crippen molar-refractivity contribution in [3.8, 4) is 0 Å². The zero-order valence-electron chi connectivity index (χ0n) is 26.7. The molecule has 3 atom stereocenters. The lowest BCUT2D eigenvalue weighted by Gasteiger charge is -2.43. The van der Waals surface area contributed by atoms with Crippen LogP contribution in [0.2, 0.25) is 104 Å². The molecule has 0 aromatic rings. The van der Waals surface area contributed by atoms with Gasteiger partial charge in [0, 0.05) is 0 Å². The van der Waals surface area contributed by atoms with Crippen LogP contribution >= 0.6 is 0 Å². The van der Waals surface area contributed by atoms with Crippen molar-refractivity contribution < 1.29 is 24.7 Å². The molecule has 0 heterocycles. The Hall–Kier alpha value is 1.02. The number of allylic oxidation sites excluding steroid dienone is 2. The highest BCUT2D eigenvalue weighted by atomic mass is 28.5. The van der Waals surface area contributed by atoms with Crippen LogP contribution in [0.4, 0.5) is 0 Å². The minimum atomic E-state index is -2.51. The average molecular weight is 639 g/mol. The van der Waals surface area contributed by atoms with Gasteiger partial charge >= 0.3 is 42.8 Å². The van der Waals surface area contributed by atoms with Gasteiger partial charge in [-0.2, -0.15) is 0 Å². The summed E-state index contributed by atoms with van der Waals surface area (Å²) in [4.78, 5) is 0. The smallest absolute Gasteiger partial charge is 0.314 e. The van der Waals surface area contributed by atoms with Gasteiger partial charge < -0.3 is 24.7 Å². The van der Waals surface area contributed by atoms with Gasteiger partial charge in [0.05, 0.1) is 0 Å². The van der Waals surface area contributed by atoms with E-state index in [2.05, 4.69) is 110 Å². The molecule has 1 saturated carbocycles. The van der Waals surface area contributed by atoms with Gasteiger partial charge in [-0.25, -0.2) is 0 Å². The summed E-state index contributed by atoms with van der Waals surface area (Å²) in [5.41, 5.74) is 0. The van der Waals surface area contributed by atoms with Crippen LogP contribution in [0.5, 0.6) is 0 Å². The molecule has 0 spiro atoms. The maximum atomic E-state index is 6.87. The summed E-state index contributed by atoms with van der Waals surface area (Å²) in [6.45, 7) is 32.8. The van der Waals surface area contributed by atoms with Crippen LogP contribution in [-0.4, -0.2) is 59.4 Å². The highest BCUT2D eigenvalue weighted by Crippen LogP contribution is 2.46. The first-order valence-corrected chi connectivity index (χ1v) is 34.8. The van der Waals surface area contributed by atoms with E-state index >= 15 is 0 Å². The van der Waals surface area contributed by atoms with Gasteiger partial charge in [0.2, 0.25) is 0 Å². The van der Waals surface area contributed by atoms with E-state index in [9.17, 15) is 0 Å². The standard InChI is InChI=1S/C24H58O6Si7/c1-31(2,3)25-33(6,7)27-35(10,11)29-37(14,15)30-36(12,13)28-34(8,9)26-32(4,5)19-18-24-21-22-16-17-23(24)20-22/h16-17,22-24H,18-21H2,1-15H3. The molecule has 0 N–H and O–H groups in total. The van der Waals surface area contributed by atoms with Crippen LogP contribution in [0.25, 0.3) is 0 Å². The number of rotatable bonds is 15. The summed E-state index contributed by atoms with van der Waals surface area (Å²) in [5.74, 6) is 2.51. The molecule has 2 aliphatic rings. The van der Waals surface area contributed by atoms with Crippen LogP contribution in [0.3, 0.4) is 0 Å². The van der Waals surface area contributed by atoms with Gasteiger partial charge in [-0.15, -0.1) is 0 Å². The van der Waals surface area contributed by atoms with Crippen molar-refractivity contribution in [1.29, 1.82) is 0 Å². The molecule has 1 fully saturated rings. The number of hydrogen-bond acceptors (Lipinski definition) is 6. The highest BCUT2D eigenvalue weighted by Gasteiger charge is 2.48. The minimum Gasteiger partial charge on any atom is -0.437 e. The fourth-order valence-corrected chi connectivity index (χ4v) is 41.0. The van der Waals surface area contributed by atoms with Gasteiger partial charge in [-0.1, -0.05) is 18.6 Å². The van der Waals surface area contributed by atoms with Crippen molar-refractivity contribution in [2.75, 3.05) is 0 Å². The predicted octanol–water partition coefficient (Wildman–Crippen LogP) is 8.24. The molecule has 0 radical (unpaired) electrons. The van der Waals surface area contributed by atoms with E-state index in [4.69, 9.17) is 24.7 Å². The minimum absolute atomic E-state index is 0.815. The monoisotopic (exact) mass is 638 g/mol. The lowest BCUT2D eigenvalue weighted by Crippen LogP contribution is -2.60. The molecule has 2 bridgehead atoms. The van der Waals surface area contributed by atoms with Crippen LogP contribution < -0.4 is 0 Å². The van der Waals surface area contributed by atoms with Crippen LogP contribution in [0.1, 0.15) is 19.3 Å². The Labute approximate surface area is 236 Å². The summed E-state index contributed by atoms with van der Waals surface area (Å²) in [6, 6.07) is 1.21. The maximum Gasteiger partial charge on any atom is 0.314 e. The predicted molar refractivity (Wildman–Crippen MR) is 173 cm³/mol. The third-order valence-corrected chi connectivity index (χ3v) is 32.4. The summed E-state index contributed by atoms with van der Waals surface area (Å²) in [6.07, 6.45) is 8.95. The number of fused-ring (bicyclic) bond motifs is 2. The molecular formula is C24H58O6Si7. The molecule has 3 unspecified atom stereocenters. The lowest BCUT2D eigenvalue weighted by atomic mass is 9.91. The first kappa shape index (κ1) is 34.2.